The van der Waals surface area contributed by atoms with E-state index in [4.69, 9.17) is 5.26 Å². The van der Waals surface area contributed by atoms with E-state index in [1.807, 2.05) is 0 Å². The number of nitrogens with one attached hydrogen (secondary N) is 1. The molecule has 14 heteroatoms. The number of amides is 2. The molecule has 1 aliphatic carbocycles. The highest BCUT2D eigenvalue weighted by Crippen LogP contribution is 2.45. The Bertz CT molecular complexity index is 1230. The molecule has 0 radical (unpaired) electrons. The summed E-state index contributed by atoms with van der Waals surface area (Å²) in [5.74, 6) is -1.31. The first-order valence-electron chi connectivity index (χ1n) is 12.8. The van der Waals surface area contributed by atoms with Crippen LogP contribution in [0.1, 0.15) is 43.4 Å². The average molecular weight is 555 g/mol. The topological polar surface area (TPSA) is 127 Å². The third-order valence-corrected chi connectivity index (χ3v) is 10.1. The first-order chi connectivity index (χ1) is 18.0. The third-order valence-electron chi connectivity index (χ3n) is 8.17. The maximum atomic E-state index is 13.7. The molecule has 5 rings (SSSR count). The third kappa shape index (κ3) is 4.99. The summed E-state index contributed by atoms with van der Waals surface area (Å²) in [4.78, 5) is 32.2. The van der Waals surface area contributed by atoms with Gasteiger partial charge >= 0.3 is 6.18 Å². The number of hydrogen-bond acceptors (Lipinski definition) is 6. The molecule has 1 aromatic heterocycles. The summed E-state index contributed by atoms with van der Waals surface area (Å²) in [5.41, 5.74) is -0.609. The number of likely N-dealkylation sites (tertiary alicyclic amines) is 1. The predicted octanol–water partition coefficient (Wildman–Crippen LogP) is 1.51. The van der Waals surface area contributed by atoms with Crippen LogP contribution in [0.4, 0.5) is 13.2 Å². The van der Waals surface area contributed by atoms with Crippen molar-refractivity contribution in [3.8, 4) is 6.07 Å². The summed E-state index contributed by atoms with van der Waals surface area (Å²) in [6, 6.07) is 3.39. The molecule has 3 aliphatic heterocycles. The maximum absolute atomic E-state index is 13.7. The predicted molar refractivity (Wildman–Crippen MR) is 127 cm³/mol. The van der Waals surface area contributed by atoms with Crippen molar-refractivity contribution in [2.75, 3.05) is 26.2 Å². The molecule has 4 atom stereocenters. The van der Waals surface area contributed by atoms with E-state index < -0.39 is 39.8 Å². The minimum absolute atomic E-state index is 0.0343. The number of carbonyl (C=O) groups excluding carboxylic acids is 2. The number of rotatable bonds is 6. The molecule has 1 saturated carbocycles. The summed E-state index contributed by atoms with van der Waals surface area (Å²) in [7, 11) is -3.76. The molecule has 1 N–H and O–H groups in total. The van der Waals surface area contributed by atoms with Crippen molar-refractivity contribution in [1.29, 1.82) is 5.26 Å². The van der Waals surface area contributed by atoms with Crippen molar-refractivity contribution in [3.05, 3.63) is 29.6 Å². The van der Waals surface area contributed by atoms with Crippen LogP contribution in [0.25, 0.3) is 0 Å². The van der Waals surface area contributed by atoms with E-state index in [0.717, 1.165) is 25.1 Å². The van der Waals surface area contributed by atoms with Gasteiger partial charge < -0.3 is 10.2 Å². The molecule has 2 amide bonds. The molecular weight excluding hydrogens is 525 g/mol. The normalized spacial score (nSPS) is 28.6. The van der Waals surface area contributed by atoms with Crippen LogP contribution >= 0.6 is 0 Å². The molecule has 0 unspecified atom stereocenters. The zero-order valence-corrected chi connectivity index (χ0v) is 21.4. The maximum Gasteiger partial charge on any atom is 0.417 e. The van der Waals surface area contributed by atoms with Crippen LogP contribution in [0.15, 0.2) is 18.3 Å². The number of nitriles is 1. The fraction of sp³-hybridized carbons (Fsp3) is 0.667. The van der Waals surface area contributed by atoms with Gasteiger partial charge in [0.05, 0.1) is 35.7 Å². The Kier molecular flexibility index (Phi) is 7.12. The molecule has 1 aromatic rings. The first-order valence-corrected chi connectivity index (χ1v) is 14.2. The summed E-state index contributed by atoms with van der Waals surface area (Å²) >= 11 is 0. The summed E-state index contributed by atoms with van der Waals surface area (Å²) in [5, 5.41) is 11.7. The van der Waals surface area contributed by atoms with Gasteiger partial charge in [-0.1, -0.05) is 0 Å². The lowest BCUT2D eigenvalue weighted by atomic mass is 9.80. The van der Waals surface area contributed by atoms with Crippen molar-refractivity contribution in [2.24, 2.45) is 17.8 Å². The number of carbonyl (C=O) groups is 2. The van der Waals surface area contributed by atoms with Crippen molar-refractivity contribution in [2.45, 2.75) is 56.9 Å². The Hall–Kier alpha value is -2.76. The fourth-order valence-electron chi connectivity index (χ4n) is 5.80. The first kappa shape index (κ1) is 26.8. The molecule has 10 nitrogen and oxygen atoms in total. The smallest absolute Gasteiger partial charge is 0.349 e. The van der Waals surface area contributed by atoms with Gasteiger partial charge in [-0.05, 0) is 50.2 Å². The second kappa shape index (κ2) is 10.1. The fourth-order valence-corrected chi connectivity index (χ4v) is 7.59. The molecule has 206 valence electrons. The second-order valence-corrected chi connectivity index (χ2v) is 12.4. The largest absolute Gasteiger partial charge is 0.417 e. The quantitative estimate of drug-likeness (QED) is 0.568. The number of nitrogens with zero attached hydrogens (tertiary/aromatic N) is 5. The Morgan fingerprint density at radius 1 is 1.13 bits per heavy atom. The van der Waals surface area contributed by atoms with Crippen LogP contribution in [-0.4, -0.2) is 77.0 Å². The Balaban J connectivity index is 1.23. The number of fused-ring (bicyclic) bond motifs is 1. The highest BCUT2D eigenvalue weighted by atomic mass is 32.2. The summed E-state index contributed by atoms with van der Waals surface area (Å²) in [6.45, 7) is 0.571. The molecule has 4 aliphatic rings. The van der Waals surface area contributed by atoms with Crippen molar-refractivity contribution >= 4 is 22.0 Å². The van der Waals surface area contributed by atoms with Crippen molar-refractivity contribution in [3.63, 3.8) is 0 Å². The monoisotopic (exact) mass is 554 g/mol. The average Bonchev–Trinajstić information content (AvgIpc) is 3.11. The van der Waals surface area contributed by atoms with Gasteiger partial charge in [0.25, 0.3) is 10.2 Å². The molecule has 0 bridgehead atoms. The summed E-state index contributed by atoms with van der Waals surface area (Å²) < 4.78 is 66.9. The standard InChI is InChI=1S/C24H29F3N6O4S/c25-24(26,27)18-4-5-19(29-10-18)11-30-22(34)21-8-16-3-6-20(16)33(21)23(35)17-2-1-7-31(14-17)38(36,37)32-12-15(9-28)13-32/h4-5,10,15-17,20-21H,1-3,6-8,11-14H2,(H,30,34)/t16-,17+,20-,21-/m1/s1. The van der Waals surface area contributed by atoms with Crippen LogP contribution < -0.4 is 5.32 Å². The Labute approximate surface area is 218 Å². The molecule has 4 fully saturated rings. The lowest BCUT2D eigenvalue weighted by molar-refractivity contribution is -0.146. The number of pyridine rings is 1. The highest BCUT2D eigenvalue weighted by molar-refractivity contribution is 7.86. The molecule has 0 spiro atoms. The van der Waals surface area contributed by atoms with Crippen LogP contribution in [0.3, 0.4) is 0 Å². The van der Waals surface area contributed by atoms with E-state index in [2.05, 4.69) is 16.4 Å². The van der Waals surface area contributed by atoms with Gasteiger partial charge in [-0.3, -0.25) is 14.6 Å². The van der Waals surface area contributed by atoms with Gasteiger partial charge in [0.2, 0.25) is 11.8 Å². The molecular formula is C24H29F3N6O4S. The number of piperidine rings is 1. The van der Waals surface area contributed by atoms with Gasteiger partial charge in [0.15, 0.2) is 0 Å². The Morgan fingerprint density at radius 3 is 2.50 bits per heavy atom. The Morgan fingerprint density at radius 2 is 1.89 bits per heavy atom. The van der Waals surface area contributed by atoms with E-state index >= 15 is 0 Å². The molecule has 0 aromatic carbocycles. The lowest BCUT2D eigenvalue weighted by Crippen LogP contribution is -2.58. The highest BCUT2D eigenvalue weighted by Gasteiger charge is 2.53. The van der Waals surface area contributed by atoms with E-state index in [9.17, 15) is 31.2 Å². The van der Waals surface area contributed by atoms with Gasteiger partial charge in [-0.25, -0.2) is 0 Å². The van der Waals surface area contributed by atoms with Crippen LogP contribution in [0.2, 0.25) is 0 Å². The van der Waals surface area contributed by atoms with E-state index in [-0.39, 0.29) is 55.7 Å². The molecule has 38 heavy (non-hydrogen) atoms. The van der Waals surface area contributed by atoms with E-state index in [0.29, 0.717) is 25.8 Å². The minimum Gasteiger partial charge on any atom is -0.349 e. The second-order valence-electron chi connectivity index (χ2n) is 10.5. The number of halogens is 3. The van der Waals surface area contributed by atoms with Gasteiger partial charge in [-0.15, -0.1) is 0 Å². The lowest BCUT2D eigenvalue weighted by Gasteiger charge is -2.42. The SMILES string of the molecule is N#CC1CN(S(=O)(=O)N2CCC[C@H](C(=O)N3[C@@H](C(=O)NCc4ccc(C(F)(F)F)cn4)C[C@H]4CC[C@H]43)C2)C1. The zero-order valence-electron chi connectivity index (χ0n) is 20.6. The molecule has 3 saturated heterocycles. The number of alkyl halides is 3. The van der Waals surface area contributed by atoms with Crippen LogP contribution in [0, 0.1) is 29.1 Å². The van der Waals surface area contributed by atoms with Crippen molar-refractivity contribution in [1.82, 2.24) is 23.8 Å². The van der Waals surface area contributed by atoms with E-state index in [1.54, 1.807) is 4.90 Å². The van der Waals surface area contributed by atoms with Gasteiger partial charge in [0.1, 0.15) is 6.04 Å². The number of hydrogen-bond donors (Lipinski definition) is 1. The summed E-state index contributed by atoms with van der Waals surface area (Å²) in [6.07, 6.45) is -0.566. The van der Waals surface area contributed by atoms with Crippen LogP contribution in [0.5, 0.6) is 0 Å². The zero-order chi connectivity index (χ0) is 27.2. The minimum atomic E-state index is -4.50. The van der Waals surface area contributed by atoms with Gasteiger partial charge in [0, 0.05) is 38.4 Å². The van der Waals surface area contributed by atoms with E-state index in [1.165, 1.54) is 14.7 Å². The molecule has 4 heterocycles. The van der Waals surface area contributed by atoms with Crippen LogP contribution in [-0.2, 0) is 32.5 Å². The van der Waals surface area contributed by atoms with Gasteiger partial charge in [-0.2, -0.15) is 35.5 Å². The van der Waals surface area contributed by atoms with Crippen molar-refractivity contribution < 1.29 is 31.2 Å². The number of aromatic nitrogens is 1.